The summed E-state index contributed by atoms with van der Waals surface area (Å²) in [5, 5.41) is 2.63. The van der Waals surface area contributed by atoms with E-state index in [4.69, 9.17) is 5.73 Å². The molecule has 6 heteroatoms. The summed E-state index contributed by atoms with van der Waals surface area (Å²) in [6, 6.07) is 5.96. The fourth-order valence-electron chi connectivity index (χ4n) is 2.48. The lowest BCUT2D eigenvalue weighted by Crippen LogP contribution is -2.48. The van der Waals surface area contributed by atoms with Gasteiger partial charge in [0.05, 0.1) is 12.6 Å². The number of amides is 2. The number of nitrogens with zero attached hydrogens (tertiary/aromatic N) is 1. The van der Waals surface area contributed by atoms with E-state index < -0.39 is 6.04 Å². The molecule has 3 N–H and O–H groups in total. The molecule has 0 radical (unpaired) electrons. The maximum Gasteiger partial charge on any atom is 0.242 e. The number of carbonyl (C=O) groups is 2. The zero-order valence-electron chi connectivity index (χ0n) is 14.3. The molecule has 24 heavy (non-hydrogen) atoms. The Morgan fingerprint density at radius 1 is 1.29 bits per heavy atom. The van der Waals surface area contributed by atoms with Gasteiger partial charge in [-0.2, -0.15) is 0 Å². The van der Waals surface area contributed by atoms with Crippen molar-refractivity contribution in [2.24, 2.45) is 11.7 Å². The minimum Gasteiger partial charge on any atom is -0.346 e. The Balaban J connectivity index is 1.84. The summed E-state index contributed by atoms with van der Waals surface area (Å²) in [5.74, 6) is -0.632. The number of nitrogens with two attached hydrogens (primary N) is 1. The third-order valence-electron chi connectivity index (χ3n) is 4.30. The molecule has 1 atom stereocenters. The third kappa shape index (κ3) is 5.30. The second-order valence-corrected chi connectivity index (χ2v) is 6.68. The molecule has 1 aromatic carbocycles. The molecule has 2 amide bonds. The standard InChI is InChI=1S/C18H26FN3O2/c1-12(2)17(20)18(24)21-11-16(23)22(15-7-8-15)10-9-13-3-5-14(19)6-4-13/h3-6,12,15,17H,7-11,20H2,1-2H3,(H,21,24)/t17-/m0/s1. The van der Waals surface area contributed by atoms with Crippen LogP contribution in [0.1, 0.15) is 32.3 Å². The Morgan fingerprint density at radius 3 is 2.46 bits per heavy atom. The van der Waals surface area contributed by atoms with Gasteiger partial charge in [-0.15, -0.1) is 0 Å². The first-order valence-electron chi connectivity index (χ1n) is 8.45. The summed E-state index contributed by atoms with van der Waals surface area (Å²) < 4.78 is 12.9. The second kappa shape index (κ2) is 8.24. The van der Waals surface area contributed by atoms with Crippen LogP contribution in [0.25, 0.3) is 0 Å². The van der Waals surface area contributed by atoms with Gasteiger partial charge in [0.25, 0.3) is 0 Å². The quantitative estimate of drug-likeness (QED) is 0.755. The van der Waals surface area contributed by atoms with E-state index in [2.05, 4.69) is 5.32 Å². The van der Waals surface area contributed by atoms with Crippen LogP contribution in [0.3, 0.4) is 0 Å². The zero-order valence-corrected chi connectivity index (χ0v) is 14.3. The minimum absolute atomic E-state index is 0.0260. The molecule has 0 saturated heterocycles. The lowest BCUT2D eigenvalue weighted by Gasteiger charge is -2.23. The molecule has 0 aliphatic heterocycles. The number of benzene rings is 1. The molecule has 1 aromatic rings. The molecule has 0 heterocycles. The molecule has 0 unspecified atom stereocenters. The molecule has 5 nitrogen and oxygen atoms in total. The van der Waals surface area contributed by atoms with Crippen molar-refractivity contribution >= 4 is 11.8 Å². The molecule has 2 rings (SSSR count). The number of halogens is 1. The molecule has 1 aliphatic rings. The van der Waals surface area contributed by atoms with E-state index in [1.807, 2.05) is 18.7 Å². The van der Waals surface area contributed by atoms with Crippen LogP contribution in [0, 0.1) is 11.7 Å². The third-order valence-corrected chi connectivity index (χ3v) is 4.30. The van der Waals surface area contributed by atoms with Gasteiger partial charge >= 0.3 is 0 Å². The van der Waals surface area contributed by atoms with Crippen LogP contribution in [0.5, 0.6) is 0 Å². The van der Waals surface area contributed by atoms with Crippen molar-refractivity contribution in [3.05, 3.63) is 35.6 Å². The van der Waals surface area contributed by atoms with Crippen molar-refractivity contribution in [3.8, 4) is 0 Å². The van der Waals surface area contributed by atoms with Crippen LogP contribution >= 0.6 is 0 Å². The predicted molar refractivity (Wildman–Crippen MR) is 90.7 cm³/mol. The maximum absolute atomic E-state index is 12.9. The Morgan fingerprint density at radius 2 is 1.92 bits per heavy atom. The van der Waals surface area contributed by atoms with Crippen molar-refractivity contribution in [1.82, 2.24) is 10.2 Å². The first kappa shape index (κ1) is 18.4. The molecular weight excluding hydrogens is 309 g/mol. The molecule has 0 bridgehead atoms. The summed E-state index contributed by atoms with van der Waals surface area (Å²) >= 11 is 0. The SMILES string of the molecule is CC(C)[C@H](N)C(=O)NCC(=O)N(CCc1ccc(F)cc1)C1CC1. The van der Waals surface area contributed by atoms with Crippen molar-refractivity contribution in [2.45, 2.75) is 45.2 Å². The molecule has 1 saturated carbocycles. The van der Waals surface area contributed by atoms with Crippen LogP contribution in [-0.2, 0) is 16.0 Å². The van der Waals surface area contributed by atoms with Gasteiger partial charge in [0.15, 0.2) is 0 Å². The van der Waals surface area contributed by atoms with Crippen LogP contribution in [0.15, 0.2) is 24.3 Å². The van der Waals surface area contributed by atoms with Crippen LogP contribution in [0.4, 0.5) is 4.39 Å². The van der Waals surface area contributed by atoms with Crippen LogP contribution in [-0.4, -0.2) is 41.9 Å². The molecule has 0 spiro atoms. The summed E-state index contributed by atoms with van der Waals surface area (Å²) in [7, 11) is 0. The summed E-state index contributed by atoms with van der Waals surface area (Å²) in [4.78, 5) is 26.1. The maximum atomic E-state index is 12.9. The summed E-state index contributed by atoms with van der Waals surface area (Å²) in [5.41, 5.74) is 6.76. The van der Waals surface area contributed by atoms with E-state index in [0.717, 1.165) is 18.4 Å². The molecule has 0 aromatic heterocycles. The first-order valence-corrected chi connectivity index (χ1v) is 8.45. The summed E-state index contributed by atoms with van der Waals surface area (Å²) in [6.45, 7) is 4.27. The van der Waals surface area contributed by atoms with Gasteiger partial charge in [0.2, 0.25) is 11.8 Å². The van der Waals surface area contributed by atoms with E-state index in [-0.39, 0.29) is 36.1 Å². The van der Waals surface area contributed by atoms with Crippen molar-refractivity contribution < 1.29 is 14.0 Å². The van der Waals surface area contributed by atoms with Gasteiger partial charge in [-0.25, -0.2) is 4.39 Å². The lowest BCUT2D eigenvalue weighted by atomic mass is 10.1. The van der Waals surface area contributed by atoms with E-state index in [1.165, 1.54) is 12.1 Å². The number of rotatable bonds is 8. The van der Waals surface area contributed by atoms with Gasteiger partial charge in [-0.05, 0) is 42.9 Å². The average Bonchev–Trinajstić information content (AvgIpc) is 3.38. The average molecular weight is 335 g/mol. The van der Waals surface area contributed by atoms with Gasteiger partial charge in [-0.3, -0.25) is 9.59 Å². The Hall–Kier alpha value is -1.95. The predicted octanol–water partition coefficient (Wildman–Crippen LogP) is 1.46. The highest BCUT2D eigenvalue weighted by Gasteiger charge is 2.32. The lowest BCUT2D eigenvalue weighted by molar-refractivity contribution is -0.133. The van der Waals surface area contributed by atoms with Crippen molar-refractivity contribution in [2.75, 3.05) is 13.1 Å². The highest BCUT2D eigenvalue weighted by Crippen LogP contribution is 2.27. The Kier molecular flexibility index (Phi) is 6.31. The zero-order chi connectivity index (χ0) is 17.7. The number of nitrogens with one attached hydrogen (secondary N) is 1. The number of carbonyl (C=O) groups excluding carboxylic acids is 2. The van der Waals surface area contributed by atoms with E-state index in [0.29, 0.717) is 13.0 Å². The smallest absolute Gasteiger partial charge is 0.242 e. The Bertz CT molecular complexity index is 570. The topological polar surface area (TPSA) is 75.4 Å². The monoisotopic (exact) mass is 335 g/mol. The van der Waals surface area contributed by atoms with Gasteiger partial charge < -0.3 is 16.0 Å². The normalized spacial score (nSPS) is 15.2. The molecule has 1 fully saturated rings. The minimum atomic E-state index is -0.605. The molecular formula is C18H26FN3O2. The second-order valence-electron chi connectivity index (χ2n) is 6.68. The molecule has 132 valence electrons. The Labute approximate surface area is 142 Å². The van der Waals surface area contributed by atoms with Crippen LogP contribution < -0.4 is 11.1 Å². The van der Waals surface area contributed by atoms with E-state index in [1.54, 1.807) is 12.1 Å². The fourth-order valence-corrected chi connectivity index (χ4v) is 2.48. The van der Waals surface area contributed by atoms with E-state index >= 15 is 0 Å². The first-order chi connectivity index (χ1) is 11.4. The van der Waals surface area contributed by atoms with Gasteiger partial charge in [-0.1, -0.05) is 26.0 Å². The van der Waals surface area contributed by atoms with Crippen LogP contribution in [0.2, 0.25) is 0 Å². The largest absolute Gasteiger partial charge is 0.346 e. The number of hydrogen-bond donors (Lipinski definition) is 2. The van der Waals surface area contributed by atoms with E-state index in [9.17, 15) is 14.0 Å². The number of hydrogen-bond acceptors (Lipinski definition) is 3. The van der Waals surface area contributed by atoms with Crippen molar-refractivity contribution in [3.63, 3.8) is 0 Å². The summed E-state index contributed by atoms with van der Waals surface area (Å²) in [6.07, 6.45) is 2.66. The fraction of sp³-hybridized carbons (Fsp3) is 0.556. The van der Waals surface area contributed by atoms with Crippen molar-refractivity contribution in [1.29, 1.82) is 0 Å². The van der Waals surface area contributed by atoms with Gasteiger partial charge in [0.1, 0.15) is 5.82 Å². The van der Waals surface area contributed by atoms with Gasteiger partial charge in [0, 0.05) is 12.6 Å². The highest BCUT2D eigenvalue weighted by atomic mass is 19.1. The molecule has 1 aliphatic carbocycles. The highest BCUT2D eigenvalue weighted by molar-refractivity contribution is 5.87.